The molecule has 120 valence electrons. The van der Waals surface area contributed by atoms with Gasteiger partial charge >= 0.3 is 0 Å². The van der Waals surface area contributed by atoms with Crippen LogP contribution in [-0.2, 0) is 11.3 Å². The van der Waals surface area contributed by atoms with Crippen molar-refractivity contribution in [3.63, 3.8) is 0 Å². The number of aryl methyl sites for hydroxylation is 1. The second kappa shape index (κ2) is 6.02. The van der Waals surface area contributed by atoms with Crippen LogP contribution in [0.15, 0.2) is 18.2 Å². The van der Waals surface area contributed by atoms with Gasteiger partial charge in [0.1, 0.15) is 5.15 Å². The first kappa shape index (κ1) is 16.1. The molecule has 2 heterocycles. The van der Waals surface area contributed by atoms with Crippen molar-refractivity contribution >= 4 is 46.4 Å². The van der Waals surface area contributed by atoms with Gasteiger partial charge in [0.05, 0.1) is 11.4 Å². The monoisotopic (exact) mass is 349 g/mol. The molecule has 0 fully saturated rings. The van der Waals surface area contributed by atoms with E-state index in [1.54, 1.807) is 22.9 Å². The van der Waals surface area contributed by atoms with Gasteiger partial charge in [-0.25, -0.2) is 0 Å². The van der Waals surface area contributed by atoms with Gasteiger partial charge in [-0.1, -0.05) is 43.1 Å². The van der Waals surface area contributed by atoms with E-state index in [2.05, 4.69) is 24.3 Å². The quantitative estimate of drug-likeness (QED) is 0.820. The summed E-state index contributed by atoms with van der Waals surface area (Å²) < 4.78 is 1.78. The fraction of sp³-hybridized carbons (Fsp3) is 0.294. The Labute approximate surface area is 145 Å². The van der Waals surface area contributed by atoms with E-state index >= 15 is 0 Å². The van der Waals surface area contributed by atoms with Gasteiger partial charge < -0.3 is 5.32 Å². The Kier molecular flexibility index (Phi) is 4.21. The topological polar surface area (TPSA) is 46.9 Å². The largest absolute Gasteiger partial charge is 0.321 e. The van der Waals surface area contributed by atoms with Gasteiger partial charge in [-0.15, -0.1) is 0 Å². The number of amides is 1. The van der Waals surface area contributed by atoms with Crippen molar-refractivity contribution in [1.29, 1.82) is 0 Å². The predicted molar refractivity (Wildman–Crippen MR) is 94.8 cm³/mol. The number of carbonyl (C=O) groups excluding carboxylic acids is 1. The van der Waals surface area contributed by atoms with Crippen molar-refractivity contribution in [2.24, 2.45) is 5.92 Å². The molecule has 1 N–H and O–H groups in total. The molecule has 1 amide bonds. The molecule has 0 saturated carbocycles. The standard InChI is InChI=1S/C17H17Cl2N3O/c1-9(2)8-22-16(19)13(10(3)21-22)7-14-12-5-4-11(18)6-15(12)20-17(14)23/h4-7,9H,8H2,1-3H3,(H,20,23)/b14-7+. The van der Waals surface area contributed by atoms with Gasteiger partial charge in [0.2, 0.25) is 0 Å². The molecule has 0 spiro atoms. The maximum atomic E-state index is 12.3. The van der Waals surface area contributed by atoms with Crippen molar-refractivity contribution in [1.82, 2.24) is 9.78 Å². The minimum atomic E-state index is -0.158. The Bertz CT molecular complexity index is 821. The van der Waals surface area contributed by atoms with Crippen LogP contribution in [-0.4, -0.2) is 15.7 Å². The number of halogens is 2. The van der Waals surface area contributed by atoms with Crippen molar-refractivity contribution in [3.05, 3.63) is 45.2 Å². The Hall–Kier alpha value is -1.78. The van der Waals surface area contributed by atoms with E-state index in [1.807, 2.05) is 13.0 Å². The van der Waals surface area contributed by atoms with E-state index < -0.39 is 0 Å². The Morgan fingerprint density at radius 2 is 2.09 bits per heavy atom. The minimum absolute atomic E-state index is 0.158. The lowest BCUT2D eigenvalue weighted by Gasteiger charge is -2.05. The third-order valence-corrected chi connectivity index (χ3v) is 4.33. The first-order valence-corrected chi connectivity index (χ1v) is 8.18. The third kappa shape index (κ3) is 3.01. The lowest BCUT2D eigenvalue weighted by Crippen LogP contribution is -2.06. The minimum Gasteiger partial charge on any atom is -0.321 e. The van der Waals surface area contributed by atoms with Crippen LogP contribution in [0.2, 0.25) is 10.2 Å². The van der Waals surface area contributed by atoms with Crippen LogP contribution in [0.5, 0.6) is 0 Å². The molecule has 1 aliphatic rings. The van der Waals surface area contributed by atoms with Crippen molar-refractivity contribution in [3.8, 4) is 0 Å². The molecule has 6 heteroatoms. The predicted octanol–water partition coefficient (Wildman–Crippen LogP) is 4.65. The average Bonchev–Trinajstić information content (AvgIpc) is 2.89. The summed E-state index contributed by atoms with van der Waals surface area (Å²) in [5.74, 6) is 0.277. The molecule has 1 aromatic carbocycles. The van der Waals surface area contributed by atoms with Gasteiger partial charge in [0, 0.05) is 28.3 Å². The van der Waals surface area contributed by atoms with Gasteiger partial charge in [-0.05, 0) is 31.1 Å². The summed E-state index contributed by atoms with van der Waals surface area (Å²) in [7, 11) is 0. The second-order valence-electron chi connectivity index (χ2n) is 6.07. The van der Waals surface area contributed by atoms with E-state index in [0.717, 1.165) is 29.1 Å². The zero-order chi connectivity index (χ0) is 16.7. The first-order valence-electron chi connectivity index (χ1n) is 7.42. The number of benzene rings is 1. The number of hydrogen-bond donors (Lipinski definition) is 1. The van der Waals surface area contributed by atoms with Gasteiger partial charge in [-0.3, -0.25) is 9.48 Å². The summed E-state index contributed by atoms with van der Waals surface area (Å²) in [6, 6.07) is 5.35. The molecular formula is C17H17Cl2N3O. The summed E-state index contributed by atoms with van der Waals surface area (Å²) in [5, 5.41) is 8.44. The van der Waals surface area contributed by atoms with Crippen molar-refractivity contribution in [2.75, 3.05) is 5.32 Å². The average molecular weight is 350 g/mol. The SMILES string of the molecule is Cc1nn(CC(C)C)c(Cl)c1/C=C1/C(=O)Nc2cc(Cl)ccc21. The van der Waals surface area contributed by atoms with Crippen LogP contribution in [0.4, 0.5) is 5.69 Å². The maximum absolute atomic E-state index is 12.3. The lowest BCUT2D eigenvalue weighted by atomic mass is 10.0. The molecule has 0 aliphatic carbocycles. The first-order chi connectivity index (χ1) is 10.9. The molecule has 1 aliphatic heterocycles. The molecule has 0 bridgehead atoms. The molecule has 0 unspecified atom stereocenters. The maximum Gasteiger partial charge on any atom is 0.256 e. The number of rotatable bonds is 3. The van der Waals surface area contributed by atoms with E-state index in [9.17, 15) is 4.79 Å². The van der Waals surface area contributed by atoms with Gasteiger partial charge in [0.15, 0.2) is 0 Å². The summed E-state index contributed by atoms with van der Waals surface area (Å²) in [5.41, 5.74) is 3.70. The number of nitrogens with zero attached hydrogens (tertiary/aromatic N) is 2. The highest BCUT2D eigenvalue weighted by Crippen LogP contribution is 2.36. The van der Waals surface area contributed by atoms with Crippen LogP contribution in [0, 0.1) is 12.8 Å². The van der Waals surface area contributed by atoms with Crippen molar-refractivity contribution in [2.45, 2.75) is 27.3 Å². The summed E-state index contributed by atoms with van der Waals surface area (Å²) in [4.78, 5) is 12.3. The number of hydrogen-bond acceptors (Lipinski definition) is 2. The highest BCUT2D eigenvalue weighted by molar-refractivity contribution is 6.37. The van der Waals surface area contributed by atoms with Crippen LogP contribution >= 0.6 is 23.2 Å². The molecular weight excluding hydrogens is 333 g/mol. The van der Waals surface area contributed by atoms with Crippen LogP contribution in [0.25, 0.3) is 11.6 Å². The van der Waals surface area contributed by atoms with Crippen LogP contribution in [0.3, 0.4) is 0 Å². The molecule has 2 aromatic rings. The third-order valence-electron chi connectivity index (χ3n) is 3.70. The Morgan fingerprint density at radius 1 is 1.35 bits per heavy atom. The van der Waals surface area contributed by atoms with E-state index in [4.69, 9.17) is 23.2 Å². The molecule has 0 saturated heterocycles. The molecule has 4 nitrogen and oxygen atoms in total. The van der Waals surface area contributed by atoms with Crippen LogP contribution in [0.1, 0.15) is 30.7 Å². The molecule has 0 radical (unpaired) electrons. The number of nitrogens with one attached hydrogen (secondary N) is 1. The fourth-order valence-electron chi connectivity index (χ4n) is 2.65. The number of carbonyl (C=O) groups is 1. The Morgan fingerprint density at radius 3 is 2.78 bits per heavy atom. The summed E-state index contributed by atoms with van der Waals surface area (Å²) in [6.45, 7) is 6.84. The highest BCUT2D eigenvalue weighted by atomic mass is 35.5. The zero-order valence-corrected chi connectivity index (χ0v) is 14.7. The molecule has 1 aromatic heterocycles. The van der Waals surface area contributed by atoms with E-state index in [1.165, 1.54) is 0 Å². The van der Waals surface area contributed by atoms with Gasteiger partial charge in [0.25, 0.3) is 5.91 Å². The summed E-state index contributed by atoms with van der Waals surface area (Å²) >= 11 is 12.4. The lowest BCUT2D eigenvalue weighted by molar-refractivity contribution is -0.110. The Balaban J connectivity index is 2.06. The fourth-order valence-corrected chi connectivity index (χ4v) is 3.12. The summed E-state index contributed by atoms with van der Waals surface area (Å²) in [6.07, 6.45) is 1.80. The van der Waals surface area contributed by atoms with E-state index in [0.29, 0.717) is 21.7 Å². The molecule has 3 rings (SSSR count). The molecule has 23 heavy (non-hydrogen) atoms. The zero-order valence-electron chi connectivity index (χ0n) is 13.2. The number of aromatic nitrogens is 2. The number of fused-ring (bicyclic) bond motifs is 1. The smallest absolute Gasteiger partial charge is 0.256 e. The van der Waals surface area contributed by atoms with Gasteiger partial charge in [-0.2, -0.15) is 5.10 Å². The van der Waals surface area contributed by atoms with E-state index in [-0.39, 0.29) is 5.91 Å². The number of anilines is 1. The van der Waals surface area contributed by atoms with Crippen LogP contribution < -0.4 is 5.32 Å². The highest BCUT2D eigenvalue weighted by Gasteiger charge is 2.25. The molecule has 0 atom stereocenters. The normalized spacial score (nSPS) is 15.4. The second-order valence-corrected chi connectivity index (χ2v) is 6.86. The van der Waals surface area contributed by atoms with Crippen molar-refractivity contribution < 1.29 is 4.79 Å².